The Morgan fingerprint density at radius 2 is 1.83 bits per heavy atom. The summed E-state index contributed by atoms with van der Waals surface area (Å²) >= 11 is 0. The van der Waals surface area contributed by atoms with Crippen molar-refractivity contribution in [2.45, 2.75) is 89.4 Å². The Balaban J connectivity index is 2.30. The van der Waals surface area contributed by atoms with E-state index in [0.29, 0.717) is 24.8 Å². The molecule has 0 aliphatic heterocycles. The van der Waals surface area contributed by atoms with Crippen LogP contribution in [0.4, 0.5) is 13.2 Å². The van der Waals surface area contributed by atoms with Crippen molar-refractivity contribution in [1.29, 1.82) is 0 Å². The number of alkyl halides is 3. The van der Waals surface area contributed by atoms with E-state index < -0.39 is 26.0 Å². The van der Waals surface area contributed by atoms with Crippen molar-refractivity contribution in [1.82, 2.24) is 0 Å². The Labute approximate surface area is 138 Å². The van der Waals surface area contributed by atoms with Crippen LogP contribution < -0.4 is 0 Å². The summed E-state index contributed by atoms with van der Waals surface area (Å²) in [7, 11) is -2.02. The highest BCUT2D eigenvalue weighted by molar-refractivity contribution is 6.74. The smallest absolute Gasteiger partial charge is 0.400 e. The maximum absolute atomic E-state index is 13.7. The van der Waals surface area contributed by atoms with Gasteiger partial charge in [-0.25, -0.2) is 0 Å². The fraction of sp³-hybridized carbons (Fsp3) is 0.882. The van der Waals surface area contributed by atoms with E-state index in [2.05, 4.69) is 33.9 Å². The Kier molecular flexibility index (Phi) is 4.86. The lowest BCUT2D eigenvalue weighted by Crippen LogP contribution is -2.54. The van der Waals surface area contributed by atoms with E-state index in [-0.39, 0.29) is 24.0 Å². The Bertz CT molecular complexity index is 479. The topological polar surface area (TPSA) is 29.5 Å². The first-order valence-corrected chi connectivity index (χ1v) is 11.4. The van der Waals surface area contributed by atoms with Crippen LogP contribution >= 0.6 is 0 Å². The van der Waals surface area contributed by atoms with Gasteiger partial charge in [0.15, 0.2) is 8.32 Å². The van der Waals surface area contributed by atoms with Crippen LogP contribution in [-0.4, -0.2) is 31.8 Å². The van der Waals surface area contributed by atoms with Crippen LogP contribution in [0.2, 0.25) is 18.1 Å². The van der Waals surface area contributed by atoms with Crippen LogP contribution in [0.1, 0.15) is 52.9 Å². The van der Waals surface area contributed by atoms with Crippen molar-refractivity contribution in [3.8, 4) is 0 Å². The molecular weight excluding hydrogens is 321 g/mol. The standard InChI is InChI=1S/C17H29F3O2Si/c1-15(2,3)23(4,5)22-13-9-10-16(17(18,19)20)12(11-13)7-6-8-14(16)21/h11,13-14,21H,6-10H2,1-5H3/t13-,14-,16+/m0/s1. The average Bonchev–Trinajstić information content (AvgIpc) is 2.35. The predicted molar refractivity (Wildman–Crippen MR) is 87.7 cm³/mol. The van der Waals surface area contributed by atoms with Crippen LogP contribution in [0.5, 0.6) is 0 Å². The van der Waals surface area contributed by atoms with Crippen molar-refractivity contribution in [3.63, 3.8) is 0 Å². The molecule has 2 nitrogen and oxygen atoms in total. The molecule has 2 aliphatic carbocycles. The van der Waals surface area contributed by atoms with Gasteiger partial charge >= 0.3 is 6.18 Å². The van der Waals surface area contributed by atoms with Crippen LogP contribution in [0.3, 0.4) is 0 Å². The van der Waals surface area contributed by atoms with Gasteiger partial charge in [-0.3, -0.25) is 0 Å². The number of aliphatic hydroxyl groups excluding tert-OH is 1. The van der Waals surface area contributed by atoms with E-state index >= 15 is 0 Å². The Morgan fingerprint density at radius 3 is 2.35 bits per heavy atom. The highest BCUT2D eigenvalue weighted by Crippen LogP contribution is 2.57. The zero-order valence-corrected chi connectivity index (χ0v) is 15.8. The Morgan fingerprint density at radius 1 is 1.22 bits per heavy atom. The SMILES string of the molecule is CC(C)(C)[Si](C)(C)O[C@@H]1C=C2CCC[C@H](O)[C@@]2(C(F)(F)F)CC1. The van der Waals surface area contributed by atoms with Gasteiger partial charge in [0, 0.05) is 0 Å². The molecule has 1 N–H and O–H groups in total. The molecule has 0 aromatic rings. The molecule has 0 aromatic carbocycles. The summed E-state index contributed by atoms with van der Waals surface area (Å²) in [6.45, 7) is 10.6. The molecule has 3 atom stereocenters. The molecule has 0 bridgehead atoms. The van der Waals surface area contributed by atoms with Gasteiger partial charge in [0.2, 0.25) is 0 Å². The highest BCUT2D eigenvalue weighted by atomic mass is 28.4. The van der Waals surface area contributed by atoms with Gasteiger partial charge in [0.1, 0.15) is 5.41 Å². The molecule has 0 aromatic heterocycles. The second kappa shape index (κ2) is 5.88. The van der Waals surface area contributed by atoms with Gasteiger partial charge in [0.25, 0.3) is 0 Å². The number of aliphatic hydroxyl groups is 1. The molecule has 6 heteroatoms. The molecular formula is C17H29F3O2Si. The van der Waals surface area contributed by atoms with E-state index in [0.717, 1.165) is 0 Å². The number of fused-ring (bicyclic) bond motifs is 1. The number of hydrogen-bond donors (Lipinski definition) is 1. The fourth-order valence-electron chi connectivity index (χ4n) is 3.57. The number of halogens is 3. The summed E-state index contributed by atoms with van der Waals surface area (Å²) in [5.74, 6) is 0. The first-order chi connectivity index (χ1) is 10.3. The first kappa shape index (κ1) is 19.0. The number of hydrogen-bond acceptors (Lipinski definition) is 2. The maximum Gasteiger partial charge on any atom is 0.400 e. The van der Waals surface area contributed by atoms with E-state index in [1.165, 1.54) is 0 Å². The summed E-state index contributed by atoms with van der Waals surface area (Å²) in [6.07, 6.45) is -2.80. The van der Waals surface area contributed by atoms with Gasteiger partial charge in [0.05, 0.1) is 12.2 Å². The normalized spacial score (nSPS) is 33.2. The summed E-state index contributed by atoms with van der Waals surface area (Å²) in [6, 6.07) is 0. The van der Waals surface area contributed by atoms with Crippen LogP contribution in [0.25, 0.3) is 0 Å². The quantitative estimate of drug-likeness (QED) is 0.548. The van der Waals surface area contributed by atoms with Crippen molar-refractivity contribution < 1.29 is 22.7 Å². The lowest BCUT2D eigenvalue weighted by molar-refractivity contribution is -0.251. The molecule has 0 saturated heterocycles. The third kappa shape index (κ3) is 3.26. The maximum atomic E-state index is 13.7. The lowest BCUT2D eigenvalue weighted by Gasteiger charge is -2.49. The van der Waals surface area contributed by atoms with Gasteiger partial charge in [-0.2, -0.15) is 13.2 Å². The van der Waals surface area contributed by atoms with E-state index in [4.69, 9.17) is 4.43 Å². The summed E-state index contributed by atoms with van der Waals surface area (Å²) in [5.41, 5.74) is -1.70. The van der Waals surface area contributed by atoms with Crippen LogP contribution in [0.15, 0.2) is 11.6 Å². The molecule has 1 fully saturated rings. The van der Waals surface area contributed by atoms with E-state index in [9.17, 15) is 18.3 Å². The lowest BCUT2D eigenvalue weighted by atomic mass is 9.62. The number of rotatable bonds is 2. The molecule has 0 unspecified atom stereocenters. The zero-order valence-electron chi connectivity index (χ0n) is 14.8. The molecule has 23 heavy (non-hydrogen) atoms. The molecule has 134 valence electrons. The zero-order chi connectivity index (χ0) is 17.7. The van der Waals surface area contributed by atoms with E-state index in [1.54, 1.807) is 6.08 Å². The molecule has 2 rings (SSSR count). The monoisotopic (exact) mass is 350 g/mol. The van der Waals surface area contributed by atoms with E-state index in [1.807, 2.05) is 0 Å². The molecule has 2 aliphatic rings. The largest absolute Gasteiger partial charge is 0.411 e. The molecule has 0 spiro atoms. The van der Waals surface area contributed by atoms with Crippen molar-refractivity contribution in [2.24, 2.45) is 5.41 Å². The third-order valence-electron chi connectivity index (χ3n) is 6.03. The molecule has 0 amide bonds. The van der Waals surface area contributed by atoms with Crippen LogP contribution in [0, 0.1) is 5.41 Å². The van der Waals surface area contributed by atoms with Crippen molar-refractivity contribution >= 4 is 8.32 Å². The molecule has 0 heterocycles. The minimum absolute atomic E-state index is 0.0240. The molecule has 0 radical (unpaired) electrons. The third-order valence-corrected chi connectivity index (χ3v) is 10.5. The second-order valence-corrected chi connectivity index (χ2v) is 13.3. The van der Waals surface area contributed by atoms with Crippen molar-refractivity contribution in [3.05, 3.63) is 11.6 Å². The van der Waals surface area contributed by atoms with Gasteiger partial charge in [-0.1, -0.05) is 32.4 Å². The first-order valence-electron chi connectivity index (χ1n) is 8.45. The highest BCUT2D eigenvalue weighted by Gasteiger charge is 2.63. The second-order valence-electron chi connectivity index (χ2n) is 8.52. The van der Waals surface area contributed by atoms with Crippen LogP contribution in [-0.2, 0) is 4.43 Å². The van der Waals surface area contributed by atoms with Crippen molar-refractivity contribution in [2.75, 3.05) is 0 Å². The predicted octanol–water partition coefficient (Wildman–Crippen LogP) is 5.19. The minimum atomic E-state index is -4.40. The molecule has 1 saturated carbocycles. The Hall–Kier alpha value is -0.333. The van der Waals surface area contributed by atoms with Gasteiger partial charge in [-0.15, -0.1) is 0 Å². The average molecular weight is 350 g/mol. The summed E-state index contributed by atoms with van der Waals surface area (Å²) < 4.78 is 47.5. The fourth-order valence-corrected chi connectivity index (χ4v) is 4.86. The minimum Gasteiger partial charge on any atom is -0.411 e. The van der Waals surface area contributed by atoms with Gasteiger partial charge < -0.3 is 9.53 Å². The summed E-state index contributed by atoms with van der Waals surface area (Å²) in [4.78, 5) is 0. The summed E-state index contributed by atoms with van der Waals surface area (Å²) in [5, 5.41) is 10.2. The van der Waals surface area contributed by atoms with Gasteiger partial charge in [-0.05, 0) is 50.2 Å².